The predicted octanol–water partition coefficient (Wildman–Crippen LogP) is 1.17. The van der Waals surface area contributed by atoms with E-state index in [1.54, 1.807) is 12.3 Å². The molecular weight excluding hydrogens is 166 g/mol. The molecule has 0 saturated carbocycles. The molecule has 0 aliphatic rings. The highest BCUT2D eigenvalue weighted by molar-refractivity contribution is 5.88. The molecule has 0 amide bonds. The van der Waals surface area contributed by atoms with Crippen LogP contribution < -0.4 is 4.57 Å². The van der Waals surface area contributed by atoms with E-state index in [0.29, 0.717) is 5.56 Å². The van der Waals surface area contributed by atoms with Crippen LogP contribution in [0.25, 0.3) is 0 Å². The van der Waals surface area contributed by atoms with E-state index in [0.717, 1.165) is 13.0 Å². The van der Waals surface area contributed by atoms with Gasteiger partial charge in [0, 0.05) is 12.5 Å². The topological polar surface area (TPSA) is 30.2 Å². The first kappa shape index (κ1) is 9.71. The molecule has 13 heavy (non-hydrogen) atoms. The van der Waals surface area contributed by atoms with Crippen molar-refractivity contribution >= 4 is 5.97 Å². The van der Waals surface area contributed by atoms with Gasteiger partial charge in [0.05, 0.1) is 7.11 Å². The Balaban J connectivity index is 2.85. The van der Waals surface area contributed by atoms with Crippen molar-refractivity contribution in [3.05, 3.63) is 30.1 Å². The molecule has 0 atom stereocenters. The van der Waals surface area contributed by atoms with Crippen LogP contribution in [0.4, 0.5) is 0 Å². The number of aromatic nitrogens is 1. The highest BCUT2D eigenvalue weighted by atomic mass is 16.5. The fraction of sp³-hybridized carbons (Fsp3) is 0.400. The van der Waals surface area contributed by atoms with Gasteiger partial charge in [-0.25, -0.2) is 9.36 Å². The molecule has 0 unspecified atom stereocenters. The van der Waals surface area contributed by atoms with Gasteiger partial charge in [-0.05, 0) is 6.07 Å². The van der Waals surface area contributed by atoms with Crippen LogP contribution in [-0.4, -0.2) is 13.1 Å². The average Bonchev–Trinajstić information content (AvgIpc) is 2.18. The molecular formula is C10H14NO2+. The summed E-state index contributed by atoms with van der Waals surface area (Å²) in [6.45, 7) is 3.02. The maximum absolute atomic E-state index is 11.1. The fourth-order valence-corrected chi connectivity index (χ4v) is 1.16. The quantitative estimate of drug-likeness (QED) is 0.516. The number of nitrogens with zero attached hydrogens (tertiary/aromatic N) is 1. The van der Waals surface area contributed by atoms with E-state index in [1.165, 1.54) is 7.11 Å². The number of aryl methyl sites for hydroxylation is 1. The molecule has 0 aliphatic carbocycles. The van der Waals surface area contributed by atoms with Crippen LogP contribution in [0.5, 0.6) is 0 Å². The highest BCUT2D eigenvalue weighted by Gasteiger charge is 2.09. The van der Waals surface area contributed by atoms with Crippen LogP contribution in [0.15, 0.2) is 24.5 Å². The van der Waals surface area contributed by atoms with E-state index in [1.807, 2.05) is 16.8 Å². The third kappa shape index (κ3) is 2.54. The summed E-state index contributed by atoms with van der Waals surface area (Å²) in [6.07, 6.45) is 4.79. The minimum Gasteiger partial charge on any atom is -0.465 e. The fourth-order valence-electron chi connectivity index (χ4n) is 1.16. The Morgan fingerprint density at radius 3 is 3.00 bits per heavy atom. The minimum atomic E-state index is -0.287. The Hall–Kier alpha value is -1.38. The molecule has 3 heteroatoms. The number of carbonyl (C=O) groups excluding carboxylic acids is 1. The third-order valence-electron chi connectivity index (χ3n) is 1.76. The SMILES string of the molecule is CCC[n+]1cccc(C(=O)OC)c1. The van der Waals surface area contributed by atoms with Gasteiger partial charge in [0.15, 0.2) is 12.4 Å². The number of hydrogen-bond donors (Lipinski definition) is 0. The lowest BCUT2D eigenvalue weighted by Gasteiger charge is -1.97. The van der Waals surface area contributed by atoms with Crippen LogP contribution in [0, 0.1) is 0 Å². The Bertz CT molecular complexity index is 297. The van der Waals surface area contributed by atoms with Crippen molar-refractivity contribution in [3.8, 4) is 0 Å². The van der Waals surface area contributed by atoms with Crippen molar-refractivity contribution < 1.29 is 14.1 Å². The van der Waals surface area contributed by atoms with Crippen molar-refractivity contribution in [2.75, 3.05) is 7.11 Å². The molecule has 0 aromatic carbocycles. The van der Waals surface area contributed by atoms with Crippen molar-refractivity contribution in [2.45, 2.75) is 19.9 Å². The molecule has 3 nitrogen and oxygen atoms in total. The zero-order valence-corrected chi connectivity index (χ0v) is 7.99. The number of esters is 1. The smallest absolute Gasteiger partial charge is 0.343 e. The summed E-state index contributed by atoms with van der Waals surface area (Å²) >= 11 is 0. The van der Waals surface area contributed by atoms with E-state index in [4.69, 9.17) is 0 Å². The largest absolute Gasteiger partial charge is 0.465 e. The Morgan fingerprint density at radius 2 is 2.38 bits per heavy atom. The van der Waals surface area contributed by atoms with Crippen LogP contribution in [0.3, 0.4) is 0 Å². The molecule has 1 aromatic rings. The summed E-state index contributed by atoms with van der Waals surface area (Å²) in [6, 6.07) is 3.60. The van der Waals surface area contributed by atoms with Gasteiger partial charge in [0.2, 0.25) is 0 Å². The molecule has 0 spiro atoms. The summed E-state index contributed by atoms with van der Waals surface area (Å²) in [4.78, 5) is 11.1. The van der Waals surface area contributed by atoms with Crippen molar-refractivity contribution in [3.63, 3.8) is 0 Å². The molecule has 0 fully saturated rings. The molecule has 0 saturated heterocycles. The third-order valence-corrected chi connectivity index (χ3v) is 1.76. The normalized spacial score (nSPS) is 9.69. The van der Waals surface area contributed by atoms with Gasteiger partial charge in [-0.15, -0.1) is 0 Å². The maximum atomic E-state index is 11.1. The molecule has 0 aliphatic heterocycles. The highest BCUT2D eigenvalue weighted by Crippen LogP contribution is 1.96. The summed E-state index contributed by atoms with van der Waals surface area (Å²) in [7, 11) is 1.39. The van der Waals surface area contributed by atoms with E-state index in [-0.39, 0.29) is 5.97 Å². The molecule has 0 bridgehead atoms. The first-order valence-corrected chi connectivity index (χ1v) is 4.35. The lowest BCUT2D eigenvalue weighted by atomic mass is 10.3. The molecule has 70 valence electrons. The number of ether oxygens (including phenoxy) is 1. The van der Waals surface area contributed by atoms with Gasteiger partial charge in [0.1, 0.15) is 12.1 Å². The second-order valence-electron chi connectivity index (χ2n) is 2.82. The number of pyridine rings is 1. The standard InChI is InChI=1S/C10H14NO2/c1-3-6-11-7-4-5-9(8-11)10(12)13-2/h4-5,7-8H,3,6H2,1-2H3/q+1. The van der Waals surface area contributed by atoms with Gasteiger partial charge in [-0.3, -0.25) is 0 Å². The first-order chi connectivity index (χ1) is 6.27. The van der Waals surface area contributed by atoms with Gasteiger partial charge in [-0.1, -0.05) is 6.92 Å². The van der Waals surface area contributed by atoms with Crippen LogP contribution in [0.2, 0.25) is 0 Å². The molecule has 1 rings (SSSR count). The van der Waals surface area contributed by atoms with Gasteiger partial charge in [0.25, 0.3) is 0 Å². The van der Waals surface area contributed by atoms with E-state index >= 15 is 0 Å². The van der Waals surface area contributed by atoms with Gasteiger partial charge < -0.3 is 4.74 Å². The van der Waals surface area contributed by atoms with Crippen LogP contribution in [-0.2, 0) is 11.3 Å². The van der Waals surface area contributed by atoms with E-state index in [2.05, 4.69) is 11.7 Å². The number of methoxy groups -OCH3 is 1. The molecule has 1 aromatic heterocycles. The second kappa shape index (κ2) is 4.60. The summed E-state index contributed by atoms with van der Waals surface area (Å²) in [5, 5.41) is 0. The summed E-state index contributed by atoms with van der Waals surface area (Å²) in [5.74, 6) is -0.287. The van der Waals surface area contributed by atoms with E-state index < -0.39 is 0 Å². The monoisotopic (exact) mass is 180 g/mol. The zero-order chi connectivity index (χ0) is 9.68. The van der Waals surface area contributed by atoms with Crippen LogP contribution in [0.1, 0.15) is 23.7 Å². The number of carbonyl (C=O) groups is 1. The second-order valence-corrected chi connectivity index (χ2v) is 2.82. The number of hydrogen-bond acceptors (Lipinski definition) is 2. The lowest BCUT2D eigenvalue weighted by molar-refractivity contribution is -0.697. The van der Waals surface area contributed by atoms with Crippen molar-refractivity contribution in [1.82, 2.24) is 0 Å². The predicted molar refractivity (Wildman–Crippen MR) is 48.3 cm³/mol. The summed E-state index contributed by atoms with van der Waals surface area (Å²) in [5.41, 5.74) is 0.596. The van der Waals surface area contributed by atoms with Crippen molar-refractivity contribution in [1.29, 1.82) is 0 Å². The maximum Gasteiger partial charge on any atom is 0.343 e. The Kier molecular flexibility index (Phi) is 3.43. The first-order valence-electron chi connectivity index (χ1n) is 4.35. The van der Waals surface area contributed by atoms with Crippen molar-refractivity contribution in [2.24, 2.45) is 0 Å². The van der Waals surface area contributed by atoms with Crippen LogP contribution >= 0.6 is 0 Å². The molecule has 0 N–H and O–H groups in total. The Morgan fingerprint density at radius 1 is 1.62 bits per heavy atom. The Labute approximate surface area is 78.0 Å². The lowest BCUT2D eigenvalue weighted by Crippen LogP contribution is -2.33. The molecule has 0 radical (unpaired) electrons. The summed E-state index contributed by atoms with van der Waals surface area (Å²) < 4.78 is 6.60. The van der Waals surface area contributed by atoms with Gasteiger partial charge >= 0.3 is 5.97 Å². The number of rotatable bonds is 3. The average molecular weight is 180 g/mol. The zero-order valence-electron chi connectivity index (χ0n) is 7.99. The molecule has 1 heterocycles. The van der Waals surface area contributed by atoms with Gasteiger partial charge in [-0.2, -0.15) is 0 Å². The van der Waals surface area contributed by atoms with E-state index in [9.17, 15) is 4.79 Å². The minimum absolute atomic E-state index is 0.287.